The van der Waals surface area contributed by atoms with Gasteiger partial charge < -0.3 is 4.74 Å². The van der Waals surface area contributed by atoms with Crippen molar-refractivity contribution in [1.82, 2.24) is 9.97 Å². The Bertz CT molecular complexity index is 368. The average molecular weight is 237 g/mol. The van der Waals surface area contributed by atoms with E-state index < -0.39 is 6.09 Å². The molecule has 5 heteroatoms. The monoisotopic (exact) mass is 237 g/mol. The maximum Gasteiger partial charge on any atom is 0.414 e. The van der Waals surface area contributed by atoms with Gasteiger partial charge in [0.25, 0.3) is 0 Å². The molecule has 0 saturated heterocycles. The molecule has 1 aromatic heterocycles. The standard InChI is InChI=1S/C12H19N3O2/c1-5-6-17-11(16)15-10-13-7-9(8-14-10)12(2,3)4/h7-8H,5-6H2,1-4H3,(H,13,14,15,16). The molecule has 1 amide bonds. The Balaban J connectivity index is 2.60. The first-order chi connectivity index (χ1) is 7.93. The molecule has 0 aromatic carbocycles. The summed E-state index contributed by atoms with van der Waals surface area (Å²) in [4.78, 5) is 19.4. The van der Waals surface area contributed by atoms with Crippen LogP contribution in [0.5, 0.6) is 0 Å². The predicted octanol–water partition coefficient (Wildman–Crippen LogP) is 2.73. The van der Waals surface area contributed by atoms with E-state index in [1.54, 1.807) is 12.4 Å². The molecule has 1 aromatic rings. The van der Waals surface area contributed by atoms with Gasteiger partial charge in [0.15, 0.2) is 0 Å². The quantitative estimate of drug-likeness (QED) is 0.877. The van der Waals surface area contributed by atoms with Crippen molar-refractivity contribution < 1.29 is 9.53 Å². The highest BCUT2D eigenvalue weighted by Crippen LogP contribution is 2.20. The maximum atomic E-state index is 11.2. The fourth-order valence-corrected chi connectivity index (χ4v) is 1.10. The van der Waals surface area contributed by atoms with Crippen molar-refractivity contribution in [2.45, 2.75) is 39.5 Å². The van der Waals surface area contributed by atoms with Gasteiger partial charge in [-0.25, -0.2) is 14.8 Å². The molecule has 1 heterocycles. The van der Waals surface area contributed by atoms with Crippen LogP contribution in [0.2, 0.25) is 0 Å². The van der Waals surface area contributed by atoms with Gasteiger partial charge in [-0.1, -0.05) is 27.7 Å². The lowest BCUT2D eigenvalue weighted by molar-refractivity contribution is 0.161. The number of carbonyl (C=O) groups excluding carboxylic acids is 1. The summed E-state index contributed by atoms with van der Waals surface area (Å²) in [5.74, 6) is 0.263. The molecule has 0 fully saturated rings. The number of nitrogens with zero attached hydrogens (tertiary/aromatic N) is 2. The van der Waals surface area contributed by atoms with E-state index in [1.807, 2.05) is 6.92 Å². The van der Waals surface area contributed by atoms with Gasteiger partial charge in [0, 0.05) is 12.4 Å². The third kappa shape index (κ3) is 4.38. The van der Waals surface area contributed by atoms with Crippen LogP contribution >= 0.6 is 0 Å². The van der Waals surface area contributed by atoms with Gasteiger partial charge in [-0.3, -0.25) is 5.32 Å². The molecule has 0 saturated carbocycles. The van der Waals surface area contributed by atoms with Crippen molar-refractivity contribution in [3.05, 3.63) is 18.0 Å². The fourth-order valence-electron chi connectivity index (χ4n) is 1.10. The molecule has 1 rings (SSSR count). The first kappa shape index (κ1) is 13.4. The van der Waals surface area contributed by atoms with Crippen LogP contribution in [0.1, 0.15) is 39.7 Å². The topological polar surface area (TPSA) is 64.1 Å². The summed E-state index contributed by atoms with van der Waals surface area (Å²) in [6.07, 6.45) is 3.69. The number of hydrogen-bond donors (Lipinski definition) is 1. The summed E-state index contributed by atoms with van der Waals surface area (Å²) < 4.78 is 4.86. The van der Waals surface area contributed by atoms with Gasteiger partial charge in [-0.15, -0.1) is 0 Å². The molecule has 0 atom stereocenters. The number of aromatic nitrogens is 2. The molecule has 5 nitrogen and oxygen atoms in total. The molecule has 0 radical (unpaired) electrons. The summed E-state index contributed by atoms with van der Waals surface area (Å²) in [5, 5.41) is 2.47. The van der Waals surface area contributed by atoms with E-state index in [-0.39, 0.29) is 11.4 Å². The Morgan fingerprint density at radius 3 is 2.41 bits per heavy atom. The second-order valence-electron chi connectivity index (χ2n) is 4.81. The van der Waals surface area contributed by atoms with Crippen molar-refractivity contribution in [2.24, 2.45) is 0 Å². The van der Waals surface area contributed by atoms with Crippen LogP contribution in [-0.2, 0) is 10.2 Å². The summed E-state index contributed by atoms with van der Waals surface area (Å²) >= 11 is 0. The zero-order chi connectivity index (χ0) is 12.9. The van der Waals surface area contributed by atoms with Crippen LogP contribution in [-0.4, -0.2) is 22.7 Å². The Morgan fingerprint density at radius 1 is 1.35 bits per heavy atom. The number of nitrogens with one attached hydrogen (secondary N) is 1. The van der Waals surface area contributed by atoms with Crippen LogP contribution in [0, 0.1) is 0 Å². The molecule has 0 aliphatic rings. The highest BCUT2D eigenvalue weighted by molar-refractivity contribution is 5.82. The smallest absolute Gasteiger partial charge is 0.414 e. The minimum Gasteiger partial charge on any atom is -0.449 e. The van der Waals surface area contributed by atoms with Crippen molar-refractivity contribution in [2.75, 3.05) is 11.9 Å². The van der Waals surface area contributed by atoms with E-state index in [0.29, 0.717) is 6.61 Å². The van der Waals surface area contributed by atoms with Crippen LogP contribution in [0.3, 0.4) is 0 Å². The summed E-state index contributed by atoms with van der Waals surface area (Å²) in [7, 11) is 0. The molecular weight excluding hydrogens is 218 g/mol. The SMILES string of the molecule is CCCOC(=O)Nc1ncc(C(C)(C)C)cn1. The van der Waals surface area contributed by atoms with Crippen LogP contribution < -0.4 is 5.32 Å². The van der Waals surface area contributed by atoms with E-state index in [2.05, 4.69) is 36.1 Å². The molecule has 0 unspecified atom stereocenters. The molecular formula is C12H19N3O2. The zero-order valence-electron chi connectivity index (χ0n) is 10.8. The molecule has 1 N–H and O–H groups in total. The Kier molecular flexibility index (Phi) is 4.43. The minimum absolute atomic E-state index is 0.00124. The molecule has 0 spiro atoms. The van der Waals surface area contributed by atoms with E-state index in [4.69, 9.17) is 4.74 Å². The third-order valence-corrected chi connectivity index (χ3v) is 2.17. The Labute approximate surface area is 102 Å². The van der Waals surface area contributed by atoms with Gasteiger partial charge in [0.1, 0.15) is 0 Å². The highest BCUT2D eigenvalue weighted by atomic mass is 16.5. The number of hydrogen-bond acceptors (Lipinski definition) is 4. The Hall–Kier alpha value is -1.65. The number of amides is 1. The van der Waals surface area contributed by atoms with Crippen molar-refractivity contribution in [3.8, 4) is 0 Å². The van der Waals surface area contributed by atoms with E-state index in [0.717, 1.165) is 12.0 Å². The summed E-state index contributed by atoms with van der Waals surface area (Å²) in [5.41, 5.74) is 1.02. The third-order valence-electron chi connectivity index (χ3n) is 2.17. The minimum atomic E-state index is -0.518. The van der Waals surface area contributed by atoms with Crippen LogP contribution in [0.4, 0.5) is 10.7 Å². The maximum absolute atomic E-state index is 11.2. The predicted molar refractivity (Wildman–Crippen MR) is 66.0 cm³/mol. The summed E-state index contributed by atoms with van der Waals surface area (Å²) in [6.45, 7) is 8.56. The molecule has 94 valence electrons. The van der Waals surface area contributed by atoms with Gasteiger partial charge in [0.05, 0.1) is 6.61 Å². The lowest BCUT2D eigenvalue weighted by Crippen LogP contribution is -2.17. The van der Waals surface area contributed by atoms with Gasteiger partial charge in [-0.2, -0.15) is 0 Å². The fraction of sp³-hybridized carbons (Fsp3) is 0.583. The second kappa shape index (κ2) is 5.61. The van der Waals surface area contributed by atoms with Crippen LogP contribution in [0.15, 0.2) is 12.4 Å². The zero-order valence-corrected chi connectivity index (χ0v) is 10.8. The number of rotatable bonds is 3. The van der Waals surface area contributed by atoms with E-state index in [9.17, 15) is 4.79 Å². The number of ether oxygens (including phenoxy) is 1. The van der Waals surface area contributed by atoms with Gasteiger partial charge >= 0.3 is 6.09 Å². The number of anilines is 1. The number of carbonyl (C=O) groups is 1. The highest BCUT2D eigenvalue weighted by Gasteiger charge is 2.14. The van der Waals surface area contributed by atoms with Gasteiger partial charge in [-0.05, 0) is 17.4 Å². The van der Waals surface area contributed by atoms with Crippen molar-refractivity contribution in [1.29, 1.82) is 0 Å². The molecule has 17 heavy (non-hydrogen) atoms. The largest absolute Gasteiger partial charge is 0.449 e. The molecule has 0 bridgehead atoms. The average Bonchev–Trinajstić information content (AvgIpc) is 2.26. The van der Waals surface area contributed by atoms with Gasteiger partial charge in [0.2, 0.25) is 5.95 Å². The normalized spacial score (nSPS) is 11.1. The Morgan fingerprint density at radius 2 is 1.94 bits per heavy atom. The lowest BCUT2D eigenvalue weighted by Gasteiger charge is -2.17. The van der Waals surface area contributed by atoms with E-state index >= 15 is 0 Å². The molecule has 0 aliphatic heterocycles. The van der Waals surface area contributed by atoms with E-state index in [1.165, 1.54) is 0 Å². The lowest BCUT2D eigenvalue weighted by atomic mass is 9.89. The van der Waals surface area contributed by atoms with Crippen molar-refractivity contribution >= 4 is 12.0 Å². The second-order valence-corrected chi connectivity index (χ2v) is 4.81. The van der Waals surface area contributed by atoms with Crippen molar-refractivity contribution in [3.63, 3.8) is 0 Å². The first-order valence-electron chi connectivity index (χ1n) is 5.69. The summed E-state index contributed by atoms with van der Waals surface area (Å²) in [6, 6.07) is 0. The van der Waals surface area contributed by atoms with Crippen LogP contribution in [0.25, 0.3) is 0 Å². The molecule has 0 aliphatic carbocycles. The first-order valence-corrected chi connectivity index (χ1v) is 5.69.